The Kier molecular flexibility index (Phi) is 7.04. The van der Waals surface area contributed by atoms with Crippen molar-refractivity contribution in [2.75, 3.05) is 23.0 Å². The Morgan fingerprint density at radius 2 is 1.82 bits per heavy atom. The van der Waals surface area contributed by atoms with E-state index in [1.807, 2.05) is 48.4 Å². The number of thiocarbonyl (C=S) groups is 1. The first kappa shape index (κ1) is 26.6. The summed E-state index contributed by atoms with van der Waals surface area (Å²) in [6.45, 7) is 6.18. The molecule has 1 aromatic carbocycles. The van der Waals surface area contributed by atoms with E-state index in [9.17, 15) is 8.42 Å². The van der Waals surface area contributed by atoms with Crippen LogP contribution in [0.25, 0.3) is 5.82 Å². The second kappa shape index (κ2) is 10.3. The van der Waals surface area contributed by atoms with E-state index in [1.54, 1.807) is 18.3 Å². The van der Waals surface area contributed by atoms with Crippen LogP contribution in [0.4, 0.5) is 11.4 Å². The minimum atomic E-state index is -3.54. The number of nitrogens with one attached hydrogen (secondary N) is 2. The lowest BCUT2D eigenvalue weighted by Crippen LogP contribution is -2.29. The van der Waals surface area contributed by atoms with Crippen LogP contribution in [0.2, 0.25) is 0 Å². The molecule has 2 atom stereocenters. The maximum Gasteiger partial charge on any atom is 0.229 e. The average Bonchev–Trinajstić information content (AvgIpc) is 3.38. The number of hydrogen-bond donors (Lipinski definition) is 2. The second-order valence-electron chi connectivity index (χ2n) is 9.61. The van der Waals surface area contributed by atoms with Gasteiger partial charge in [-0.25, -0.2) is 13.4 Å². The summed E-state index contributed by atoms with van der Waals surface area (Å²) in [6, 6.07) is 16.8. The van der Waals surface area contributed by atoms with Crippen molar-refractivity contribution in [2.45, 2.75) is 32.9 Å². The lowest BCUT2D eigenvalue weighted by Gasteiger charge is -2.29. The van der Waals surface area contributed by atoms with Crippen LogP contribution in [-0.4, -0.2) is 41.4 Å². The van der Waals surface area contributed by atoms with Gasteiger partial charge in [-0.05, 0) is 92.6 Å². The number of aromatic nitrogens is 3. The quantitative estimate of drug-likeness (QED) is 0.311. The number of methoxy groups -OCH3 is 1. The molecular formula is C28H30N6O3S2. The van der Waals surface area contributed by atoms with E-state index in [2.05, 4.69) is 50.6 Å². The van der Waals surface area contributed by atoms with Gasteiger partial charge in [0.05, 0.1) is 36.8 Å². The Labute approximate surface area is 233 Å². The summed E-state index contributed by atoms with van der Waals surface area (Å²) in [5, 5.41) is 3.97. The van der Waals surface area contributed by atoms with Crippen molar-refractivity contribution < 1.29 is 13.2 Å². The summed E-state index contributed by atoms with van der Waals surface area (Å²) in [5.74, 6) is 1.25. The third-order valence-corrected chi connectivity index (χ3v) is 7.68. The Balaban J connectivity index is 1.69. The summed E-state index contributed by atoms with van der Waals surface area (Å²) < 4.78 is 34.3. The highest BCUT2D eigenvalue weighted by Gasteiger charge is 2.42. The molecule has 1 aliphatic rings. The van der Waals surface area contributed by atoms with E-state index in [1.165, 1.54) is 7.11 Å². The second-order valence-corrected chi connectivity index (χ2v) is 11.7. The molecular weight excluding hydrogens is 532 g/mol. The highest BCUT2D eigenvalue weighted by molar-refractivity contribution is 7.92. The molecule has 1 aliphatic heterocycles. The monoisotopic (exact) mass is 562 g/mol. The third-order valence-electron chi connectivity index (χ3n) is 6.77. The van der Waals surface area contributed by atoms with E-state index in [0.717, 1.165) is 40.3 Å². The predicted octanol–water partition coefficient (Wildman–Crippen LogP) is 4.75. The Bertz CT molecular complexity index is 1650. The summed E-state index contributed by atoms with van der Waals surface area (Å²) >= 11 is 5.88. The highest BCUT2D eigenvalue weighted by atomic mass is 32.2. The molecule has 4 heterocycles. The molecule has 0 unspecified atom stereocenters. The zero-order valence-corrected chi connectivity index (χ0v) is 24.0. The normalized spacial score (nSPS) is 17.3. The van der Waals surface area contributed by atoms with Crippen LogP contribution in [0.5, 0.6) is 5.75 Å². The van der Waals surface area contributed by atoms with Gasteiger partial charge in [0.15, 0.2) is 5.11 Å². The van der Waals surface area contributed by atoms with Gasteiger partial charge >= 0.3 is 0 Å². The molecule has 0 aliphatic carbocycles. The number of rotatable bonds is 7. The molecule has 0 radical (unpaired) electrons. The van der Waals surface area contributed by atoms with Gasteiger partial charge in [0.25, 0.3) is 0 Å². The predicted molar refractivity (Wildman–Crippen MR) is 157 cm³/mol. The maximum atomic E-state index is 12.1. The van der Waals surface area contributed by atoms with Crippen LogP contribution in [0.1, 0.15) is 40.3 Å². The number of ether oxygens (including phenoxy) is 1. The molecule has 2 N–H and O–H groups in total. The lowest BCUT2D eigenvalue weighted by molar-refractivity contribution is 0.417. The first-order valence-electron chi connectivity index (χ1n) is 12.4. The van der Waals surface area contributed by atoms with Crippen LogP contribution < -0.4 is 19.7 Å². The topological polar surface area (TPSA) is 101 Å². The van der Waals surface area contributed by atoms with E-state index in [-0.39, 0.29) is 12.1 Å². The zero-order chi connectivity index (χ0) is 27.9. The number of anilines is 2. The fourth-order valence-electron chi connectivity index (χ4n) is 5.16. The van der Waals surface area contributed by atoms with Crippen molar-refractivity contribution in [3.63, 3.8) is 0 Å². The van der Waals surface area contributed by atoms with E-state index < -0.39 is 10.0 Å². The molecule has 3 aromatic heterocycles. The van der Waals surface area contributed by atoms with Crippen LogP contribution in [0.3, 0.4) is 0 Å². The van der Waals surface area contributed by atoms with Gasteiger partial charge in [-0.2, -0.15) is 0 Å². The average molecular weight is 563 g/mol. The third kappa shape index (κ3) is 5.19. The van der Waals surface area contributed by atoms with Crippen LogP contribution in [0.15, 0.2) is 67.0 Å². The molecule has 1 fully saturated rings. The van der Waals surface area contributed by atoms with Crippen molar-refractivity contribution in [3.8, 4) is 11.6 Å². The maximum absolute atomic E-state index is 12.1. The largest absolute Gasteiger partial charge is 0.495 e. The number of nitrogens with zero attached hydrogens (tertiary/aromatic N) is 4. The molecule has 5 rings (SSSR count). The molecule has 0 amide bonds. The number of pyridine rings is 2. The summed E-state index contributed by atoms with van der Waals surface area (Å²) in [6.07, 6.45) is 4.68. The molecule has 0 saturated carbocycles. The first-order chi connectivity index (χ1) is 18.6. The van der Waals surface area contributed by atoms with Crippen molar-refractivity contribution in [1.82, 2.24) is 19.9 Å². The Hall–Kier alpha value is -3.96. The fraction of sp³-hybridized carbons (Fsp3) is 0.250. The number of hydrogen-bond acceptors (Lipinski definition) is 6. The van der Waals surface area contributed by atoms with Crippen LogP contribution in [-0.2, 0) is 10.0 Å². The fourth-order valence-corrected chi connectivity index (χ4v) is 6.06. The Morgan fingerprint density at radius 1 is 1.03 bits per heavy atom. The number of benzene rings is 1. The molecule has 4 aromatic rings. The van der Waals surface area contributed by atoms with Gasteiger partial charge < -0.3 is 19.5 Å². The minimum absolute atomic E-state index is 0.258. The molecule has 202 valence electrons. The van der Waals surface area contributed by atoms with Crippen LogP contribution in [0, 0.1) is 20.8 Å². The number of aryl methyl sites for hydroxylation is 2. The van der Waals surface area contributed by atoms with E-state index in [0.29, 0.717) is 22.2 Å². The molecule has 0 bridgehead atoms. The standard InChI is InChI=1S/C28H30N6O3S2/c1-17-11-13-30-25(14-17)33-18(2)15-21(19(33)3)27-26(22-8-6-7-12-29-22)31-28(38)34(27)20-9-10-24(37-4)23(16-20)32-39(5,35)36/h6-16,26-27,32H,1-5H3,(H,31,38)/t26-,27+/m0/s1. The minimum Gasteiger partial charge on any atom is -0.495 e. The molecule has 0 spiro atoms. The van der Waals surface area contributed by atoms with E-state index >= 15 is 0 Å². The van der Waals surface area contributed by atoms with E-state index in [4.69, 9.17) is 17.0 Å². The van der Waals surface area contributed by atoms with Gasteiger partial charge in [0, 0.05) is 29.5 Å². The number of sulfonamides is 1. The first-order valence-corrected chi connectivity index (χ1v) is 14.7. The summed E-state index contributed by atoms with van der Waals surface area (Å²) in [4.78, 5) is 11.3. The van der Waals surface area contributed by atoms with Crippen molar-refractivity contribution in [3.05, 3.63) is 95.2 Å². The summed E-state index contributed by atoms with van der Waals surface area (Å²) in [7, 11) is -2.04. The lowest BCUT2D eigenvalue weighted by atomic mass is 9.96. The van der Waals surface area contributed by atoms with Gasteiger partial charge in [0.1, 0.15) is 11.6 Å². The Morgan fingerprint density at radius 3 is 2.49 bits per heavy atom. The highest BCUT2D eigenvalue weighted by Crippen LogP contribution is 2.45. The van der Waals surface area contributed by atoms with Crippen molar-refractivity contribution >= 4 is 38.7 Å². The summed E-state index contributed by atoms with van der Waals surface area (Å²) in [5.41, 5.74) is 6.11. The van der Waals surface area contributed by atoms with Gasteiger partial charge in [-0.3, -0.25) is 9.71 Å². The van der Waals surface area contributed by atoms with Crippen molar-refractivity contribution in [2.24, 2.45) is 0 Å². The van der Waals surface area contributed by atoms with Gasteiger partial charge in [-0.15, -0.1) is 0 Å². The molecule has 1 saturated heterocycles. The smallest absolute Gasteiger partial charge is 0.229 e. The SMILES string of the molecule is COc1ccc(N2C(=S)N[C@@H](c3ccccn3)[C@H]2c2cc(C)n(-c3cc(C)ccn3)c2C)cc1NS(C)(=O)=O. The molecule has 39 heavy (non-hydrogen) atoms. The zero-order valence-electron chi connectivity index (χ0n) is 22.3. The van der Waals surface area contributed by atoms with Gasteiger partial charge in [-0.1, -0.05) is 6.07 Å². The van der Waals surface area contributed by atoms with Crippen LogP contribution >= 0.6 is 12.2 Å². The van der Waals surface area contributed by atoms with Gasteiger partial charge in [0.2, 0.25) is 10.0 Å². The van der Waals surface area contributed by atoms with Crippen molar-refractivity contribution in [1.29, 1.82) is 0 Å². The molecule has 9 nitrogen and oxygen atoms in total. The molecule has 11 heteroatoms.